The molecule has 0 saturated carbocycles. The Labute approximate surface area is 118 Å². The number of carbonyl (C=O) groups excluding carboxylic acids is 2. The first-order valence-electron chi connectivity index (χ1n) is 6.83. The van der Waals surface area contributed by atoms with Crippen LogP contribution >= 0.6 is 0 Å². The molecule has 110 valence electrons. The standard InChI is InChI=1S/C13H21N5O2/c1-10(19)16-12-6-15-18(8-12)7-11-2-4-17(5-3-11)9-13(14)20/h6,8,11H,2-5,7,9H2,1H3,(H2,14,20)(H,16,19). The van der Waals surface area contributed by atoms with E-state index in [0.29, 0.717) is 12.5 Å². The molecule has 2 amide bonds. The smallest absolute Gasteiger partial charge is 0.231 e. The van der Waals surface area contributed by atoms with E-state index in [1.54, 1.807) is 6.20 Å². The maximum Gasteiger partial charge on any atom is 0.231 e. The van der Waals surface area contributed by atoms with Gasteiger partial charge in [-0.25, -0.2) is 0 Å². The van der Waals surface area contributed by atoms with E-state index >= 15 is 0 Å². The first kappa shape index (κ1) is 14.5. The van der Waals surface area contributed by atoms with Crippen LogP contribution in [-0.4, -0.2) is 46.1 Å². The Morgan fingerprint density at radius 3 is 2.75 bits per heavy atom. The zero-order valence-corrected chi connectivity index (χ0v) is 11.7. The zero-order chi connectivity index (χ0) is 14.5. The van der Waals surface area contributed by atoms with Gasteiger partial charge in [-0.05, 0) is 31.8 Å². The fourth-order valence-electron chi connectivity index (χ4n) is 2.54. The topological polar surface area (TPSA) is 93.2 Å². The number of primary amides is 1. The van der Waals surface area contributed by atoms with Gasteiger partial charge in [0.1, 0.15) is 0 Å². The molecule has 0 aliphatic carbocycles. The summed E-state index contributed by atoms with van der Waals surface area (Å²) in [6.45, 7) is 4.46. The Balaban J connectivity index is 1.79. The van der Waals surface area contributed by atoms with Crippen LogP contribution in [-0.2, 0) is 16.1 Å². The molecule has 2 heterocycles. The highest BCUT2D eigenvalue weighted by Crippen LogP contribution is 2.19. The number of piperidine rings is 1. The van der Waals surface area contributed by atoms with Gasteiger partial charge in [-0.3, -0.25) is 19.2 Å². The number of carbonyl (C=O) groups is 2. The summed E-state index contributed by atoms with van der Waals surface area (Å²) >= 11 is 0. The predicted octanol–water partition coefficient (Wildman–Crippen LogP) is 0.0388. The Hall–Kier alpha value is -1.89. The van der Waals surface area contributed by atoms with Crippen molar-refractivity contribution >= 4 is 17.5 Å². The largest absolute Gasteiger partial charge is 0.369 e. The highest BCUT2D eigenvalue weighted by Gasteiger charge is 2.20. The first-order valence-corrected chi connectivity index (χ1v) is 6.83. The van der Waals surface area contributed by atoms with Gasteiger partial charge in [-0.15, -0.1) is 0 Å². The molecule has 7 heteroatoms. The van der Waals surface area contributed by atoms with Gasteiger partial charge in [0.15, 0.2) is 0 Å². The van der Waals surface area contributed by atoms with Crippen LogP contribution in [0.25, 0.3) is 0 Å². The van der Waals surface area contributed by atoms with Gasteiger partial charge in [-0.2, -0.15) is 5.10 Å². The van der Waals surface area contributed by atoms with Crippen LogP contribution < -0.4 is 11.1 Å². The Kier molecular flexibility index (Phi) is 4.73. The summed E-state index contributed by atoms with van der Waals surface area (Å²) in [5.74, 6) is 0.184. The molecule has 1 aliphatic heterocycles. The third kappa shape index (κ3) is 4.34. The van der Waals surface area contributed by atoms with E-state index in [1.807, 2.05) is 10.9 Å². The highest BCUT2D eigenvalue weighted by molar-refractivity contribution is 5.88. The van der Waals surface area contributed by atoms with Crippen LogP contribution in [0, 0.1) is 5.92 Å². The fourth-order valence-corrected chi connectivity index (χ4v) is 2.54. The van der Waals surface area contributed by atoms with Crippen molar-refractivity contribution < 1.29 is 9.59 Å². The van der Waals surface area contributed by atoms with Crippen molar-refractivity contribution in [2.45, 2.75) is 26.3 Å². The van der Waals surface area contributed by atoms with Gasteiger partial charge in [0.2, 0.25) is 11.8 Å². The summed E-state index contributed by atoms with van der Waals surface area (Å²) in [5, 5.41) is 6.95. The van der Waals surface area contributed by atoms with Gasteiger partial charge in [0.25, 0.3) is 0 Å². The van der Waals surface area contributed by atoms with Crippen molar-refractivity contribution in [3.05, 3.63) is 12.4 Å². The van der Waals surface area contributed by atoms with Gasteiger partial charge in [0, 0.05) is 19.7 Å². The van der Waals surface area contributed by atoms with Gasteiger partial charge in [0.05, 0.1) is 18.4 Å². The number of hydrogen-bond acceptors (Lipinski definition) is 4. The number of nitrogens with one attached hydrogen (secondary N) is 1. The number of rotatable bonds is 5. The van der Waals surface area contributed by atoms with Crippen molar-refractivity contribution in [3.63, 3.8) is 0 Å². The molecular formula is C13H21N5O2. The molecule has 1 aromatic heterocycles. The molecule has 20 heavy (non-hydrogen) atoms. The lowest BCUT2D eigenvalue weighted by Crippen LogP contribution is -2.40. The second kappa shape index (κ2) is 6.51. The average molecular weight is 279 g/mol. The van der Waals surface area contributed by atoms with Crippen molar-refractivity contribution in [2.75, 3.05) is 25.0 Å². The maximum atomic E-state index is 10.9. The summed E-state index contributed by atoms with van der Waals surface area (Å²) in [7, 11) is 0. The Morgan fingerprint density at radius 2 is 2.15 bits per heavy atom. The van der Waals surface area contributed by atoms with Crippen LogP contribution in [0.2, 0.25) is 0 Å². The second-order valence-corrected chi connectivity index (χ2v) is 5.32. The summed E-state index contributed by atoms with van der Waals surface area (Å²) in [4.78, 5) is 23.9. The van der Waals surface area contributed by atoms with Crippen LogP contribution in [0.4, 0.5) is 5.69 Å². The Bertz CT molecular complexity index is 477. The van der Waals surface area contributed by atoms with Crippen LogP contribution in [0.3, 0.4) is 0 Å². The molecule has 0 unspecified atom stereocenters. The maximum absolute atomic E-state index is 10.9. The number of likely N-dealkylation sites (tertiary alicyclic amines) is 1. The van der Waals surface area contributed by atoms with Gasteiger partial charge < -0.3 is 11.1 Å². The molecular weight excluding hydrogens is 258 g/mol. The van der Waals surface area contributed by atoms with Crippen LogP contribution in [0.1, 0.15) is 19.8 Å². The molecule has 0 radical (unpaired) electrons. The summed E-state index contributed by atoms with van der Waals surface area (Å²) in [6, 6.07) is 0. The summed E-state index contributed by atoms with van der Waals surface area (Å²) < 4.78 is 1.86. The predicted molar refractivity (Wildman–Crippen MR) is 74.9 cm³/mol. The molecule has 0 aromatic carbocycles. The molecule has 1 saturated heterocycles. The van der Waals surface area contributed by atoms with Crippen LogP contribution in [0.15, 0.2) is 12.4 Å². The average Bonchev–Trinajstić information content (AvgIpc) is 2.77. The van der Waals surface area contributed by atoms with E-state index < -0.39 is 0 Å². The van der Waals surface area contributed by atoms with E-state index in [4.69, 9.17) is 5.73 Å². The minimum Gasteiger partial charge on any atom is -0.369 e. The molecule has 1 aliphatic rings. The van der Waals surface area contributed by atoms with Crippen molar-refractivity contribution in [2.24, 2.45) is 11.7 Å². The van der Waals surface area contributed by atoms with E-state index in [1.165, 1.54) is 6.92 Å². The van der Waals surface area contributed by atoms with Crippen molar-refractivity contribution in [1.82, 2.24) is 14.7 Å². The molecule has 2 rings (SSSR count). The lowest BCUT2D eigenvalue weighted by atomic mass is 9.97. The summed E-state index contributed by atoms with van der Waals surface area (Å²) in [6.07, 6.45) is 5.56. The molecule has 0 atom stereocenters. The zero-order valence-electron chi connectivity index (χ0n) is 11.7. The van der Waals surface area contributed by atoms with Crippen molar-refractivity contribution in [1.29, 1.82) is 0 Å². The van der Waals surface area contributed by atoms with Gasteiger partial charge >= 0.3 is 0 Å². The Morgan fingerprint density at radius 1 is 1.45 bits per heavy atom. The number of aromatic nitrogens is 2. The first-order chi connectivity index (χ1) is 9.52. The molecule has 1 aromatic rings. The van der Waals surface area contributed by atoms with Crippen molar-refractivity contribution in [3.8, 4) is 0 Å². The minimum atomic E-state index is -0.268. The van der Waals surface area contributed by atoms with Crippen LogP contribution in [0.5, 0.6) is 0 Å². The molecule has 3 N–H and O–H groups in total. The summed E-state index contributed by atoms with van der Waals surface area (Å²) in [5.41, 5.74) is 5.92. The number of nitrogens with zero attached hydrogens (tertiary/aromatic N) is 3. The highest BCUT2D eigenvalue weighted by atomic mass is 16.1. The number of hydrogen-bond donors (Lipinski definition) is 2. The van der Waals surface area contributed by atoms with E-state index in [-0.39, 0.29) is 11.8 Å². The third-order valence-corrected chi connectivity index (χ3v) is 3.49. The molecule has 0 spiro atoms. The molecule has 1 fully saturated rings. The third-order valence-electron chi connectivity index (χ3n) is 3.49. The number of anilines is 1. The van der Waals surface area contributed by atoms with E-state index in [9.17, 15) is 9.59 Å². The molecule has 7 nitrogen and oxygen atoms in total. The van der Waals surface area contributed by atoms with E-state index in [0.717, 1.165) is 38.2 Å². The molecule has 0 bridgehead atoms. The van der Waals surface area contributed by atoms with Gasteiger partial charge in [-0.1, -0.05) is 0 Å². The normalized spacial score (nSPS) is 17.1. The quantitative estimate of drug-likeness (QED) is 0.795. The lowest BCUT2D eigenvalue weighted by molar-refractivity contribution is -0.119. The second-order valence-electron chi connectivity index (χ2n) is 5.32. The lowest BCUT2D eigenvalue weighted by Gasteiger charge is -2.30. The monoisotopic (exact) mass is 279 g/mol. The number of amides is 2. The SMILES string of the molecule is CC(=O)Nc1cnn(CC2CCN(CC(N)=O)CC2)c1. The fraction of sp³-hybridized carbons (Fsp3) is 0.615. The number of nitrogens with two attached hydrogens (primary N) is 1. The van der Waals surface area contributed by atoms with E-state index in [2.05, 4.69) is 15.3 Å². The minimum absolute atomic E-state index is 0.0932.